The van der Waals surface area contributed by atoms with E-state index in [0.29, 0.717) is 10.9 Å². The molecule has 0 saturated heterocycles. The van der Waals surface area contributed by atoms with Gasteiger partial charge in [0.05, 0.1) is 16.6 Å². The van der Waals surface area contributed by atoms with Crippen molar-refractivity contribution in [3.63, 3.8) is 0 Å². The van der Waals surface area contributed by atoms with Gasteiger partial charge in [-0.25, -0.2) is 4.39 Å². The number of nitrogens with zero attached hydrogens (tertiary/aromatic N) is 1. The first-order valence-corrected chi connectivity index (χ1v) is 6.35. The molecule has 0 bridgehead atoms. The maximum atomic E-state index is 13.6. The van der Waals surface area contributed by atoms with E-state index in [4.69, 9.17) is 0 Å². The maximum Gasteiger partial charge on any atom is 0.268 e. The molecule has 0 fully saturated rings. The van der Waals surface area contributed by atoms with Gasteiger partial charge in [-0.15, -0.1) is 0 Å². The molecule has 4 heteroatoms. The number of halogens is 1. The predicted molar refractivity (Wildman–Crippen MR) is 71.6 cm³/mol. The van der Waals surface area contributed by atoms with Crippen molar-refractivity contribution in [1.82, 2.24) is 3.96 Å². The number of fused-ring (bicyclic) bond motifs is 1. The van der Waals surface area contributed by atoms with E-state index in [2.05, 4.69) is 0 Å². The van der Waals surface area contributed by atoms with Crippen molar-refractivity contribution in [3.05, 3.63) is 70.3 Å². The van der Waals surface area contributed by atoms with Gasteiger partial charge in [0.15, 0.2) is 0 Å². The van der Waals surface area contributed by atoms with E-state index >= 15 is 0 Å². The Labute approximate surface area is 107 Å². The molecular formula is C14H10FNOS. The van der Waals surface area contributed by atoms with Gasteiger partial charge in [-0.05, 0) is 18.2 Å². The Kier molecular flexibility index (Phi) is 2.72. The van der Waals surface area contributed by atoms with Crippen molar-refractivity contribution >= 4 is 21.6 Å². The molecule has 0 radical (unpaired) electrons. The van der Waals surface area contributed by atoms with Gasteiger partial charge in [-0.2, -0.15) is 0 Å². The van der Waals surface area contributed by atoms with Crippen LogP contribution in [0.4, 0.5) is 4.39 Å². The summed E-state index contributed by atoms with van der Waals surface area (Å²) in [5.74, 6) is -0.276. The van der Waals surface area contributed by atoms with Gasteiger partial charge in [0.25, 0.3) is 5.56 Å². The summed E-state index contributed by atoms with van der Waals surface area (Å²) in [5, 5.41) is 0.693. The molecule has 90 valence electrons. The van der Waals surface area contributed by atoms with Crippen molar-refractivity contribution in [2.45, 2.75) is 6.54 Å². The molecule has 18 heavy (non-hydrogen) atoms. The monoisotopic (exact) mass is 259 g/mol. The van der Waals surface area contributed by atoms with Crippen molar-refractivity contribution < 1.29 is 4.39 Å². The van der Waals surface area contributed by atoms with Crippen LogP contribution in [-0.4, -0.2) is 3.96 Å². The van der Waals surface area contributed by atoms with E-state index in [1.54, 1.807) is 28.2 Å². The topological polar surface area (TPSA) is 22.0 Å². The first kappa shape index (κ1) is 11.2. The predicted octanol–water partition coefficient (Wildman–Crippen LogP) is 3.25. The lowest BCUT2D eigenvalue weighted by molar-refractivity contribution is 0.603. The lowest BCUT2D eigenvalue weighted by Gasteiger charge is -2.01. The number of hydrogen-bond donors (Lipinski definition) is 0. The number of rotatable bonds is 2. The van der Waals surface area contributed by atoms with Gasteiger partial charge in [0, 0.05) is 5.56 Å². The Hall–Kier alpha value is -1.94. The van der Waals surface area contributed by atoms with E-state index < -0.39 is 0 Å². The molecule has 0 amide bonds. The minimum atomic E-state index is -0.276. The van der Waals surface area contributed by atoms with Gasteiger partial charge < -0.3 is 0 Å². The number of aromatic nitrogens is 1. The molecular weight excluding hydrogens is 249 g/mol. The molecule has 2 aromatic carbocycles. The molecule has 0 saturated carbocycles. The summed E-state index contributed by atoms with van der Waals surface area (Å²) in [7, 11) is 0. The van der Waals surface area contributed by atoms with Gasteiger partial charge in [-0.3, -0.25) is 8.75 Å². The van der Waals surface area contributed by atoms with Crippen LogP contribution in [-0.2, 0) is 6.54 Å². The normalized spacial score (nSPS) is 10.9. The lowest BCUT2D eigenvalue weighted by atomic mass is 10.2. The Morgan fingerprint density at radius 2 is 1.78 bits per heavy atom. The summed E-state index contributed by atoms with van der Waals surface area (Å²) >= 11 is 1.36. The largest absolute Gasteiger partial charge is 0.268 e. The van der Waals surface area contributed by atoms with Crippen LogP contribution in [0.5, 0.6) is 0 Å². The van der Waals surface area contributed by atoms with Crippen molar-refractivity contribution in [2.75, 3.05) is 0 Å². The third kappa shape index (κ3) is 1.84. The van der Waals surface area contributed by atoms with Gasteiger partial charge in [0.2, 0.25) is 0 Å². The number of hydrogen-bond acceptors (Lipinski definition) is 2. The average Bonchev–Trinajstić information content (AvgIpc) is 2.70. The smallest absolute Gasteiger partial charge is 0.268 e. The highest BCUT2D eigenvalue weighted by Crippen LogP contribution is 2.17. The van der Waals surface area contributed by atoms with Crippen LogP contribution < -0.4 is 5.56 Å². The van der Waals surface area contributed by atoms with Crippen LogP contribution in [0.3, 0.4) is 0 Å². The van der Waals surface area contributed by atoms with Crippen molar-refractivity contribution in [2.24, 2.45) is 0 Å². The van der Waals surface area contributed by atoms with E-state index in [1.165, 1.54) is 17.6 Å². The second kappa shape index (κ2) is 4.38. The zero-order valence-electron chi connectivity index (χ0n) is 9.47. The SMILES string of the molecule is O=c1c2ccccc2sn1Cc1ccccc1F. The highest BCUT2D eigenvalue weighted by molar-refractivity contribution is 7.13. The number of benzene rings is 2. The Bertz CT molecular complexity index is 760. The Balaban J connectivity index is 2.09. The molecule has 1 heterocycles. The first-order valence-electron chi connectivity index (χ1n) is 5.58. The fourth-order valence-corrected chi connectivity index (χ4v) is 2.92. The summed E-state index contributed by atoms with van der Waals surface area (Å²) in [6.45, 7) is 0.283. The standard InChI is InChI=1S/C14H10FNOS/c15-12-7-3-1-5-10(12)9-16-14(17)11-6-2-4-8-13(11)18-16/h1-8H,9H2. The average molecular weight is 259 g/mol. The summed E-state index contributed by atoms with van der Waals surface area (Å²) < 4.78 is 16.1. The summed E-state index contributed by atoms with van der Waals surface area (Å²) in [5.41, 5.74) is 0.477. The highest BCUT2D eigenvalue weighted by atomic mass is 32.1. The van der Waals surface area contributed by atoms with Crippen molar-refractivity contribution in [1.29, 1.82) is 0 Å². The molecule has 0 unspecified atom stereocenters. The first-order chi connectivity index (χ1) is 8.75. The molecule has 0 N–H and O–H groups in total. The molecule has 1 aromatic heterocycles. The molecule has 0 spiro atoms. The summed E-state index contributed by atoms with van der Waals surface area (Å²) in [6.07, 6.45) is 0. The molecule has 0 aliphatic carbocycles. The second-order valence-corrected chi connectivity index (χ2v) is 5.08. The summed E-state index contributed by atoms with van der Waals surface area (Å²) in [4.78, 5) is 12.1. The molecule has 0 aliphatic heterocycles. The van der Waals surface area contributed by atoms with E-state index in [9.17, 15) is 9.18 Å². The van der Waals surface area contributed by atoms with E-state index in [-0.39, 0.29) is 17.9 Å². The maximum absolute atomic E-state index is 13.6. The zero-order chi connectivity index (χ0) is 12.5. The Morgan fingerprint density at radius 1 is 1.06 bits per heavy atom. The fourth-order valence-electron chi connectivity index (χ4n) is 1.90. The fraction of sp³-hybridized carbons (Fsp3) is 0.0714. The van der Waals surface area contributed by atoms with Crippen LogP contribution >= 0.6 is 11.5 Å². The van der Waals surface area contributed by atoms with Crippen molar-refractivity contribution in [3.8, 4) is 0 Å². The minimum Gasteiger partial charge on any atom is -0.268 e. The summed E-state index contributed by atoms with van der Waals surface area (Å²) in [6, 6.07) is 14.0. The lowest BCUT2D eigenvalue weighted by Crippen LogP contribution is -2.14. The van der Waals surface area contributed by atoms with Gasteiger partial charge in [0.1, 0.15) is 5.82 Å². The van der Waals surface area contributed by atoms with E-state index in [0.717, 1.165) is 4.70 Å². The Morgan fingerprint density at radius 3 is 2.56 bits per heavy atom. The molecule has 3 aromatic rings. The van der Waals surface area contributed by atoms with E-state index in [1.807, 2.05) is 18.2 Å². The van der Waals surface area contributed by atoms with Crippen LogP contribution in [0.2, 0.25) is 0 Å². The van der Waals surface area contributed by atoms with Gasteiger partial charge >= 0.3 is 0 Å². The highest BCUT2D eigenvalue weighted by Gasteiger charge is 2.08. The molecule has 2 nitrogen and oxygen atoms in total. The van der Waals surface area contributed by atoms with Crippen LogP contribution in [0.1, 0.15) is 5.56 Å². The molecule has 3 rings (SSSR count). The molecule has 0 aliphatic rings. The molecule has 0 atom stereocenters. The second-order valence-electron chi connectivity index (χ2n) is 4.02. The quantitative estimate of drug-likeness (QED) is 0.692. The third-order valence-corrected chi connectivity index (χ3v) is 3.89. The third-order valence-electron chi connectivity index (χ3n) is 2.82. The van der Waals surface area contributed by atoms with Crippen LogP contribution in [0.15, 0.2) is 53.3 Å². The van der Waals surface area contributed by atoms with Crippen LogP contribution in [0, 0.1) is 5.82 Å². The van der Waals surface area contributed by atoms with Crippen LogP contribution in [0.25, 0.3) is 10.1 Å². The van der Waals surface area contributed by atoms with Gasteiger partial charge in [-0.1, -0.05) is 41.9 Å². The minimum absolute atomic E-state index is 0.0566. The zero-order valence-corrected chi connectivity index (χ0v) is 10.3.